The molecular weight excluding hydrogens is 887 g/mol. The van der Waals surface area contributed by atoms with Gasteiger partial charge in [0.15, 0.2) is 0 Å². The maximum atomic E-state index is 11.8. The predicted molar refractivity (Wildman–Crippen MR) is 294 cm³/mol. The molecule has 70 heavy (non-hydrogen) atoms. The van der Waals surface area contributed by atoms with Gasteiger partial charge in [0, 0.05) is 59.8 Å². The van der Waals surface area contributed by atoms with Crippen molar-refractivity contribution in [2.75, 3.05) is 67.3 Å². The van der Waals surface area contributed by atoms with Crippen LogP contribution in [0.5, 0.6) is 0 Å². The lowest BCUT2D eigenvalue weighted by Gasteiger charge is -2.34. The van der Waals surface area contributed by atoms with Gasteiger partial charge in [-0.05, 0) is 91.4 Å². The number of nitrogens with one attached hydrogen (secondary N) is 1. The van der Waals surface area contributed by atoms with Gasteiger partial charge in [0.2, 0.25) is 5.91 Å². The van der Waals surface area contributed by atoms with E-state index >= 15 is 0 Å². The minimum Gasteiger partial charge on any atom is -0.481 e. The van der Waals surface area contributed by atoms with E-state index in [0.717, 1.165) is 97.0 Å². The van der Waals surface area contributed by atoms with Gasteiger partial charge in [0.25, 0.3) is 0 Å². The number of Topliss-reactive ketones (excluding diaryl/α,β-unsaturated/α-hetero) is 1. The second-order valence-electron chi connectivity index (χ2n) is 26.9. The summed E-state index contributed by atoms with van der Waals surface area (Å²) >= 11 is 0. The van der Waals surface area contributed by atoms with Crippen LogP contribution in [-0.4, -0.2) is 123 Å². The molecule has 0 aromatic rings. The number of nitrogens with zero attached hydrogens (tertiary/aromatic N) is 2. The minimum absolute atomic E-state index is 0.110. The van der Waals surface area contributed by atoms with Gasteiger partial charge in [-0.25, -0.2) is 9.59 Å². The third kappa shape index (κ3) is 71.8. The van der Waals surface area contributed by atoms with E-state index in [-0.39, 0.29) is 30.0 Å². The fourth-order valence-corrected chi connectivity index (χ4v) is 5.79. The van der Waals surface area contributed by atoms with E-state index in [9.17, 15) is 24.0 Å². The molecular formula is C57H117N3O10. The van der Waals surface area contributed by atoms with E-state index in [4.69, 9.17) is 24.4 Å². The summed E-state index contributed by atoms with van der Waals surface area (Å²) in [5.74, 6) is -1.27. The Morgan fingerprint density at radius 1 is 0.543 bits per heavy atom. The summed E-state index contributed by atoms with van der Waals surface area (Å²) in [5.41, 5.74) is 2.05. The second-order valence-corrected chi connectivity index (χ2v) is 26.9. The van der Waals surface area contributed by atoms with Crippen LogP contribution in [0.15, 0.2) is 0 Å². The standard InChI is InChI=1S/C14H27NO5.C11H22N2O.C11H22O2.C9H18O.C7H16O.C5H12/c1-14(2,3)8-6-5-7-11(12(16)17)15-13(18)20-10-9-19-4;1-11(2,3)9-10(14)13-7-5-12(4)6-8-13;1-9(10(12)13)7-5-6-8-11(2,3)4;1-8(10)6-5-7-9(2,3)4;1-7(2,3)5-6-8-4;1-5(2,3)4/h11H,5-10H2,1-4H3,(H,15,18)(H,16,17);5-9H2,1-4H3;9H,5-8H2,1-4H3,(H,12,13);5-7H2,1-4H3;5-6H2,1-4H3;1-4H3/t11-;;9-;;;/m0.0.../s1. The number of hydrogen-bond donors (Lipinski definition) is 3. The van der Waals surface area contributed by atoms with E-state index in [0.29, 0.717) is 46.2 Å². The largest absolute Gasteiger partial charge is 0.481 e. The summed E-state index contributed by atoms with van der Waals surface area (Å²) in [6.45, 7) is 49.9. The van der Waals surface area contributed by atoms with Gasteiger partial charge in [0.05, 0.1) is 12.5 Å². The molecule has 0 saturated carbocycles. The number of ketones is 1. The number of rotatable bonds is 20. The number of amides is 2. The molecule has 1 rings (SSSR count). The number of carbonyl (C=O) groups is 5. The van der Waals surface area contributed by atoms with Crippen molar-refractivity contribution in [3.63, 3.8) is 0 Å². The molecule has 0 aromatic heterocycles. The number of aliphatic carboxylic acids is 2. The smallest absolute Gasteiger partial charge is 0.407 e. The maximum absolute atomic E-state index is 11.8. The van der Waals surface area contributed by atoms with Crippen LogP contribution in [-0.2, 0) is 33.4 Å². The molecule has 3 N–H and O–H groups in total. The first-order chi connectivity index (χ1) is 31.4. The number of piperazine rings is 1. The number of ether oxygens (including phenoxy) is 3. The van der Waals surface area contributed by atoms with Crippen molar-refractivity contribution in [1.82, 2.24) is 15.1 Å². The van der Waals surface area contributed by atoms with Crippen LogP contribution in [0, 0.1) is 38.4 Å². The van der Waals surface area contributed by atoms with Crippen LogP contribution in [0.1, 0.15) is 229 Å². The number of alkyl carbamates (subject to hydrolysis) is 1. The molecule has 0 aliphatic carbocycles. The summed E-state index contributed by atoms with van der Waals surface area (Å²) in [6.07, 6.45) is 11.3. The third-order valence-electron chi connectivity index (χ3n) is 10.1. The SMILES string of the molecule is CC(=O)CCCC(C)(C)C.CC(C)(C)C.CN1CCN(C(=O)CC(C)(C)C)CC1.COCCC(C)(C)C.COCCOC(=O)N[C@@H](CCCCC(C)(C)C)C(=O)O.C[C@@H](CCCCC(C)(C)C)C(=O)O. The molecule has 1 saturated heterocycles. The zero-order valence-corrected chi connectivity index (χ0v) is 50.4. The quantitative estimate of drug-likeness (QED) is 0.0991. The molecule has 0 aromatic carbocycles. The molecule has 2 amide bonds. The fourth-order valence-electron chi connectivity index (χ4n) is 5.79. The van der Waals surface area contributed by atoms with E-state index in [1.54, 1.807) is 21.0 Å². The molecule has 0 radical (unpaired) electrons. The van der Waals surface area contributed by atoms with Crippen molar-refractivity contribution in [2.24, 2.45) is 38.4 Å². The van der Waals surface area contributed by atoms with E-state index < -0.39 is 24.1 Å². The number of unbranched alkanes of at least 4 members (excludes halogenated alkanes) is 2. The summed E-state index contributed by atoms with van der Waals surface area (Å²) in [7, 11) is 5.34. The van der Waals surface area contributed by atoms with Crippen molar-refractivity contribution >= 4 is 29.7 Å². The lowest BCUT2D eigenvalue weighted by Crippen LogP contribution is -2.47. The van der Waals surface area contributed by atoms with Gasteiger partial charge in [-0.15, -0.1) is 0 Å². The highest BCUT2D eigenvalue weighted by Gasteiger charge is 2.24. The van der Waals surface area contributed by atoms with Crippen molar-refractivity contribution in [1.29, 1.82) is 0 Å². The van der Waals surface area contributed by atoms with Crippen LogP contribution in [0.4, 0.5) is 4.79 Å². The first-order valence-corrected chi connectivity index (χ1v) is 26.3. The molecule has 13 heteroatoms. The van der Waals surface area contributed by atoms with Crippen molar-refractivity contribution in [3.8, 4) is 0 Å². The first kappa shape index (κ1) is 76.2. The Kier molecular flexibility index (Phi) is 43.2. The van der Waals surface area contributed by atoms with Gasteiger partial charge < -0.3 is 44.3 Å². The van der Waals surface area contributed by atoms with Gasteiger partial charge in [-0.1, -0.05) is 164 Å². The minimum atomic E-state index is -1.04. The molecule has 13 nitrogen and oxygen atoms in total. The van der Waals surface area contributed by atoms with Crippen molar-refractivity contribution in [3.05, 3.63) is 0 Å². The predicted octanol–water partition coefficient (Wildman–Crippen LogP) is 13.8. The summed E-state index contributed by atoms with van der Waals surface area (Å²) in [4.78, 5) is 59.5. The Balaban J connectivity index is -0.000000252. The molecule has 420 valence electrons. The van der Waals surface area contributed by atoms with Crippen LogP contribution in [0.25, 0.3) is 0 Å². The molecule has 0 unspecified atom stereocenters. The number of carboxylic acids is 2. The Morgan fingerprint density at radius 2 is 0.943 bits per heavy atom. The molecule has 0 spiro atoms. The van der Waals surface area contributed by atoms with Gasteiger partial charge in [0.1, 0.15) is 18.4 Å². The van der Waals surface area contributed by atoms with Crippen LogP contribution in [0.2, 0.25) is 0 Å². The first-order valence-electron chi connectivity index (χ1n) is 26.3. The molecule has 1 aliphatic rings. The highest BCUT2D eigenvalue weighted by Crippen LogP contribution is 2.25. The van der Waals surface area contributed by atoms with E-state index in [2.05, 4.69) is 149 Å². The molecule has 2 atom stereocenters. The highest BCUT2D eigenvalue weighted by atomic mass is 16.6. The fraction of sp³-hybridized carbons (Fsp3) is 0.912. The highest BCUT2D eigenvalue weighted by molar-refractivity contribution is 5.79. The lowest BCUT2D eigenvalue weighted by atomic mass is 9.89. The Morgan fingerprint density at radius 3 is 1.27 bits per heavy atom. The molecule has 1 aliphatic heterocycles. The number of carboxylic acid groups (broad SMARTS) is 2. The molecule has 1 heterocycles. The van der Waals surface area contributed by atoms with E-state index in [1.807, 2.05) is 4.90 Å². The normalized spacial score (nSPS) is 14.1. The number of methoxy groups -OCH3 is 2. The van der Waals surface area contributed by atoms with Gasteiger partial charge in [-0.2, -0.15) is 0 Å². The van der Waals surface area contributed by atoms with Gasteiger partial charge in [-0.3, -0.25) is 9.59 Å². The third-order valence-corrected chi connectivity index (χ3v) is 10.1. The van der Waals surface area contributed by atoms with Gasteiger partial charge >= 0.3 is 18.0 Å². The number of carbonyl (C=O) groups excluding carboxylic acids is 3. The summed E-state index contributed by atoms with van der Waals surface area (Å²) in [5, 5.41) is 20.1. The monoisotopic (exact) mass is 1000 g/mol. The topological polar surface area (TPSA) is 172 Å². The Hall–Kier alpha value is -2.77. The average Bonchev–Trinajstić information content (AvgIpc) is 3.15. The number of likely N-dealkylation sites (N-methyl/N-ethyl adjacent to an activating group) is 1. The summed E-state index contributed by atoms with van der Waals surface area (Å²) < 4.78 is 14.4. The van der Waals surface area contributed by atoms with Crippen molar-refractivity contribution in [2.45, 2.75) is 235 Å². The Bertz CT molecular complexity index is 1330. The number of hydrogen-bond acceptors (Lipinski definition) is 9. The zero-order chi connectivity index (χ0) is 56.2. The molecule has 1 fully saturated rings. The van der Waals surface area contributed by atoms with Crippen molar-refractivity contribution < 1.29 is 48.4 Å². The average molecular weight is 1000 g/mol. The lowest BCUT2D eigenvalue weighted by molar-refractivity contribution is -0.141. The van der Waals surface area contributed by atoms with E-state index in [1.165, 1.54) is 13.5 Å². The molecule has 0 bridgehead atoms. The second kappa shape index (κ2) is 39.7. The summed E-state index contributed by atoms with van der Waals surface area (Å²) in [6, 6.07) is -0.898. The van der Waals surface area contributed by atoms with Crippen LogP contribution in [0.3, 0.4) is 0 Å². The zero-order valence-electron chi connectivity index (χ0n) is 50.4. The van der Waals surface area contributed by atoms with Crippen LogP contribution < -0.4 is 5.32 Å². The maximum Gasteiger partial charge on any atom is 0.407 e. The Labute approximate surface area is 432 Å². The van der Waals surface area contributed by atoms with Crippen LogP contribution >= 0.6 is 0 Å².